The average Bonchev–Trinajstić information content (AvgIpc) is 2.96. The van der Waals surface area contributed by atoms with Gasteiger partial charge in [-0.25, -0.2) is 4.98 Å². The lowest BCUT2D eigenvalue weighted by Crippen LogP contribution is -2.43. The molecule has 1 unspecified atom stereocenters. The van der Waals surface area contributed by atoms with Gasteiger partial charge in [-0.2, -0.15) is 13.2 Å². The summed E-state index contributed by atoms with van der Waals surface area (Å²) < 4.78 is 50.1. The van der Waals surface area contributed by atoms with E-state index in [0.29, 0.717) is 19.2 Å². The summed E-state index contributed by atoms with van der Waals surface area (Å²) in [5, 5.41) is 10.8. The molecule has 0 spiro atoms. The maximum absolute atomic E-state index is 12.5. The van der Waals surface area contributed by atoms with E-state index in [-0.39, 0.29) is 24.3 Å². The number of fused-ring (bicyclic) bond motifs is 1. The minimum Gasteiger partial charge on any atom is -0.473 e. The van der Waals surface area contributed by atoms with Crippen LogP contribution < -0.4 is 9.47 Å². The molecule has 2 aromatic rings. The van der Waals surface area contributed by atoms with Crippen LogP contribution in [0.15, 0.2) is 24.5 Å². The minimum atomic E-state index is -4.46. The Kier molecular flexibility index (Phi) is 4.01. The highest BCUT2D eigenvalue weighted by Gasteiger charge is 2.37. The maximum atomic E-state index is 12.5. The third-order valence-electron chi connectivity index (χ3n) is 3.72. The third kappa shape index (κ3) is 3.64. The lowest BCUT2D eigenvalue weighted by atomic mass is 10.0. The molecule has 8 nitrogen and oxygen atoms in total. The Morgan fingerprint density at radius 2 is 2.24 bits per heavy atom. The topological polar surface area (TPSA) is 92.3 Å². The first kappa shape index (κ1) is 17.0. The fourth-order valence-corrected chi connectivity index (χ4v) is 2.31. The summed E-state index contributed by atoms with van der Waals surface area (Å²) in [7, 11) is 0. The third-order valence-corrected chi connectivity index (χ3v) is 3.72. The molecule has 3 heterocycles. The van der Waals surface area contributed by atoms with Crippen molar-refractivity contribution in [1.82, 2.24) is 14.5 Å². The van der Waals surface area contributed by atoms with E-state index >= 15 is 0 Å². The molecule has 25 heavy (non-hydrogen) atoms. The Hall–Kier alpha value is -2.85. The monoisotopic (exact) mass is 358 g/mol. The zero-order valence-corrected chi connectivity index (χ0v) is 13.0. The second-order valence-corrected chi connectivity index (χ2v) is 5.81. The van der Waals surface area contributed by atoms with Gasteiger partial charge in [0.15, 0.2) is 0 Å². The van der Waals surface area contributed by atoms with Crippen LogP contribution in [0.1, 0.15) is 18.9 Å². The molecular formula is C14H13F3N4O4. The zero-order chi connectivity index (χ0) is 18.2. The molecule has 134 valence electrons. The first-order valence-electron chi connectivity index (χ1n) is 7.23. The lowest BCUT2D eigenvalue weighted by molar-refractivity contribution is -0.389. The maximum Gasteiger partial charge on any atom is 0.417 e. The lowest BCUT2D eigenvalue weighted by Gasteiger charge is -2.32. The predicted octanol–water partition coefficient (Wildman–Crippen LogP) is 2.83. The van der Waals surface area contributed by atoms with Gasteiger partial charge < -0.3 is 19.6 Å². The van der Waals surface area contributed by atoms with Gasteiger partial charge in [-0.3, -0.25) is 4.57 Å². The number of aromatic nitrogens is 3. The smallest absolute Gasteiger partial charge is 0.417 e. The van der Waals surface area contributed by atoms with E-state index in [1.807, 2.05) is 0 Å². The van der Waals surface area contributed by atoms with Gasteiger partial charge in [0, 0.05) is 30.2 Å². The van der Waals surface area contributed by atoms with Crippen LogP contribution in [-0.4, -0.2) is 31.7 Å². The highest BCUT2D eigenvalue weighted by Crippen LogP contribution is 2.31. The summed E-state index contributed by atoms with van der Waals surface area (Å²) in [6, 6.07) is 2.10. The van der Waals surface area contributed by atoms with Crippen LogP contribution in [0.3, 0.4) is 0 Å². The normalized spacial score (nSPS) is 19.8. The van der Waals surface area contributed by atoms with Gasteiger partial charge in [-0.15, -0.1) is 0 Å². The Morgan fingerprint density at radius 1 is 1.48 bits per heavy atom. The van der Waals surface area contributed by atoms with Crippen molar-refractivity contribution in [3.63, 3.8) is 0 Å². The van der Waals surface area contributed by atoms with Crippen molar-refractivity contribution in [3.05, 3.63) is 40.2 Å². The molecule has 0 bridgehead atoms. The minimum absolute atomic E-state index is 0.00597. The first-order chi connectivity index (χ1) is 11.7. The van der Waals surface area contributed by atoms with Gasteiger partial charge in [-0.05, 0) is 17.9 Å². The van der Waals surface area contributed by atoms with Crippen molar-refractivity contribution < 1.29 is 27.6 Å². The Balaban J connectivity index is 1.65. The highest BCUT2D eigenvalue weighted by atomic mass is 19.4. The Labute approximate surface area is 139 Å². The molecule has 0 saturated carbocycles. The number of nitrogens with zero attached hydrogens (tertiary/aromatic N) is 4. The summed E-state index contributed by atoms with van der Waals surface area (Å²) in [4.78, 5) is 17.5. The number of aryl methyl sites for hydroxylation is 1. The zero-order valence-electron chi connectivity index (χ0n) is 13.0. The predicted molar refractivity (Wildman–Crippen MR) is 77.3 cm³/mol. The SMILES string of the molecule is CC1(COc2ccc(C(F)(F)F)cn2)CCn2cc([N+](=O)[O-])nc2O1. The Morgan fingerprint density at radius 3 is 2.84 bits per heavy atom. The van der Waals surface area contributed by atoms with Gasteiger partial charge in [0.25, 0.3) is 0 Å². The summed E-state index contributed by atoms with van der Waals surface area (Å²) in [6.07, 6.45) is -2.01. The van der Waals surface area contributed by atoms with E-state index in [1.165, 1.54) is 10.8 Å². The summed E-state index contributed by atoms with van der Waals surface area (Å²) >= 11 is 0. The number of hydrogen-bond donors (Lipinski definition) is 0. The molecule has 0 fully saturated rings. The molecule has 0 saturated heterocycles. The largest absolute Gasteiger partial charge is 0.473 e. The van der Waals surface area contributed by atoms with Gasteiger partial charge in [-0.1, -0.05) is 0 Å². The van der Waals surface area contributed by atoms with Crippen molar-refractivity contribution >= 4 is 5.82 Å². The molecular weight excluding hydrogens is 345 g/mol. The standard InChI is InChI=1S/C14H13F3N4O4/c1-13(4-5-20-7-10(21(22)23)19-12(20)25-13)8-24-11-3-2-9(6-18-11)14(15,16)17/h2-3,6-7H,4-5,8H2,1H3. The molecule has 2 aromatic heterocycles. The van der Waals surface area contributed by atoms with Crippen molar-refractivity contribution in [2.75, 3.05) is 6.61 Å². The van der Waals surface area contributed by atoms with Crippen molar-refractivity contribution in [2.45, 2.75) is 31.7 Å². The van der Waals surface area contributed by atoms with Crippen LogP contribution in [0.5, 0.6) is 11.9 Å². The fraction of sp³-hybridized carbons (Fsp3) is 0.429. The van der Waals surface area contributed by atoms with E-state index in [9.17, 15) is 23.3 Å². The van der Waals surface area contributed by atoms with E-state index in [0.717, 1.165) is 12.1 Å². The number of halogens is 3. The van der Waals surface area contributed by atoms with Crippen molar-refractivity contribution in [2.24, 2.45) is 0 Å². The molecule has 0 aromatic carbocycles. The highest BCUT2D eigenvalue weighted by molar-refractivity contribution is 5.23. The summed E-state index contributed by atoms with van der Waals surface area (Å²) in [5.74, 6) is -0.290. The van der Waals surface area contributed by atoms with Crippen molar-refractivity contribution in [1.29, 1.82) is 0 Å². The van der Waals surface area contributed by atoms with Crippen LogP contribution in [0.4, 0.5) is 19.0 Å². The quantitative estimate of drug-likeness (QED) is 0.616. The Bertz CT molecular complexity index is 790. The van der Waals surface area contributed by atoms with E-state index in [2.05, 4.69) is 9.97 Å². The second-order valence-electron chi connectivity index (χ2n) is 5.81. The van der Waals surface area contributed by atoms with E-state index < -0.39 is 22.3 Å². The number of hydrogen-bond acceptors (Lipinski definition) is 6. The van der Waals surface area contributed by atoms with Crippen LogP contribution in [-0.2, 0) is 12.7 Å². The molecule has 0 aliphatic carbocycles. The molecule has 1 aliphatic heterocycles. The molecule has 11 heteroatoms. The number of ether oxygens (including phenoxy) is 2. The van der Waals surface area contributed by atoms with Gasteiger partial charge in [0.05, 0.1) is 5.56 Å². The first-order valence-corrected chi connectivity index (χ1v) is 7.23. The fourth-order valence-electron chi connectivity index (χ4n) is 2.31. The van der Waals surface area contributed by atoms with Crippen LogP contribution in [0.25, 0.3) is 0 Å². The number of imidazole rings is 1. The number of rotatable bonds is 4. The molecule has 1 aliphatic rings. The second kappa shape index (κ2) is 5.90. The van der Waals surface area contributed by atoms with Gasteiger partial charge in [0.1, 0.15) is 18.4 Å². The van der Waals surface area contributed by atoms with Crippen molar-refractivity contribution in [3.8, 4) is 11.9 Å². The number of pyridine rings is 1. The van der Waals surface area contributed by atoms with E-state index in [1.54, 1.807) is 6.92 Å². The summed E-state index contributed by atoms with van der Waals surface area (Å²) in [5.41, 5.74) is -1.70. The average molecular weight is 358 g/mol. The van der Waals surface area contributed by atoms with Gasteiger partial charge in [0.2, 0.25) is 5.88 Å². The molecule has 1 atom stereocenters. The van der Waals surface area contributed by atoms with Crippen LogP contribution in [0, 0.1) is 10.1 Å². The van der Waals surface area contributed by atoms with Crippen LogP contribution in [0.2, 0.25) is 0 Å². The molecule has 0 amide bonds. The molecule has 0 N–H and O–H groups in total. The van der Waals surface area contributed by atoms with Crippen LogP contribution >= 0.6 is 0 Å². The van der Waals surface area contributed by atoms with Gasteiger partial charge >= 0.3 is 18.0 Å². The number of nitro groups is 1. The van der Waals surface area contributed by atoms with E-state index in [4.69, 9.17) is 9.47 Å². The summed E-state index contributed by atoms with van der Waals surface area (Å²) in [6.45, 7) is 2.17. The molecule has 3 rings (SSSR count). The molecule has 0 radical (unpaired) electrons. The number of alkyl halides is 3.